The molecule has 8 nitrogen and oxygen atoms in total. The lowest BCUT2D eigenvalue weighted by Gasteiger charge is -2.28. The van der Waals surface area contributed by atoms with Crippen molar-refractivity contribution in [2.45, 2.75) is 51.0 Å². The van der Waals surface area contributed by atoms with Crippen LogP contribution < -0.4 is 15.8 Å². The Morgan fingerprint density at radius 2 is 1.71 bits per heavy atom. The summed E-state index contributed by atoms with van der Waals surface area (Å²) in [7, 11) is 0. The third kappa shape index (κ3) is 5.18. The first-order chi connectivity index (χ1) is 19.6. The van der Waals surface area contributed by atoms with Crippen LogP contribution in [0.1, 0.15) is 55.6 Å². The Morgan fingerprint density at radius 1 is 0.976 bits per heavy atom. The van der Waals surface area contributed by atoms with E-state index >= 15 is 0 Å². The molecule has 4 aromatic rings. The van der Waals surface area contributed by atoms with Crippen molar-refractivity contribution in [2.24, 2.45) is 5.92 Å². The first-order valence-electron chi connectivity index (χ1n) is 13.6. The molecule has 6 rings (SSSR count). The Balaban J connectivity index is 1.36. The van der Waals surface area contributed by atoms with Gasteiger partial charge in [-0.05, 0) is 55.5 Å². The van der Waals surface area contributed by atoms with Crippen LogP contribution in [-0.2, 0) is 0 Å². The van der Waals surface area contributed by atoms with E-state index in [9.17, 15) is 27.2 Å². The highest BCUT2D eigenvalue weighted by Gasteiger charge is 2.36. The number of hydrogen-bond donors (Lipinski definition) is 1. The van der Waals surface area contributed by atoms with Gasteiger partial charge in [0.2, 0.25) is 5.92 Å². The summed E-state index contributed by atoms with van der Waals surface area (Å²) in [6.07, 6.45) is 3.09. The van der Waals surface area contributed by atoms with Crippen LogP contribution in [0.3, 0.4) is 0 Å². The molecule has 0 radical (unpaired) electrons. The van der Waals surface area contributed by atoms with E-state index in [2.05, 4.69) is 22.2 Å². The SMILES string of the molecule is C[C@H]1CCN(c2c(NC(=O)c3ccc(=O)n(-c4c(F)cccc4F)n3)ccc3nn(C4CCC(F)(F)CC4)cc23)C1. The number of carbonyl (C=O) groups is 1. The lowest BCUT2D eigenvalue weighted by molar-refractivity contribution is -0.0449. The van der Waals surface area contributed by atoms with Crippen molar-refractivity contribution >= 4 is 28.2 Å². The Hall–Kier alpha value is -4.22. The van der Waals surface area contributed by atoms with Crippen LogP contribution in [0.4, 0.5) is 28.9 Å². The molecule has 1 atom stereocenters. The molecule has 1 saturated heterocycles. The number of alkyl halides is 2. The Bertz CT molecular complexity index is 1670. The zero-order chi connectivity index (χ0) is 28.9. The first kappa shape index (κ1) is 27.0. The third-order valence-corrected chi connectivity index (χ3v) is 7.91. The van der Waals surface area contributed by atoms with Gasteiger partial charge in [0, 0.05) is 43.6 Å². The average Bonchev–Trinajstić information content (AvgIpc) is 3.55. The molecule has 1 amide bonds. The van der Waals surface area contributed by atoms with Crippen molar-refractivity contribution < 1.29 is 22.4 Å². The number of para-hydroxylation sites is 1. The Kier molecular flexibility index (Phi) is 6.79. The second-order valence-electron chi connectivity index (χ2n) is 10.9. The van der Waals surface area contributed by atoms with Gasteiger partial charge >= 0.3 is 0 Å². The molecule has 2 aromatic heterocycles. The maximum absolute atomic E-state index is 14.4. The molecule has 2 aliphatic rings. The molecule has 1 aliphatic heterocycles. The number of hydrogen-bond acceptors (Lipinski definition) is 5. The molecule has 12 heteroatoms. The fourth-order valence-corrected chi connectivity index (χ4v) is 5.72. The smallest absolute Gasteiger partial charge is 0.276 e. The van der Waals surface area contributed by atoms with Crippen molar-refractivity contribution in [1.29, 1.82) is 0 Å². The summed E-state index contributed by atoms with van der Waals surface area (Å²) in [6, 6.07) is 8.71. The summed E-state index contributed by atoms with van der Waals surface area (Å²) >= 11 is 0. The molecule has 41 heavy (non-hydrogen) atoms. The van der Waals surface area contributed by atoms with E-state index in [-0.39, 0.29) is 24.6 Å². The number of nitrogens with zero attached hydrogens (tertiary/aromatic N) is 5. The van der Waals surface area contributed by atoms with Gasteiger partial charge in [0.05, 0.1) is 22.9 Å². The molecule has 1 saturated carbocycles. The number of nitrogens with one attached hydrogen (secondary N) is 1. The van der Waals surface area contributed by atoms with Crippen molar-refractivity contribution in [1.82, 2.24) is 19.6 Å². The second-order valence-corrected chi connectivity index (χ2v) is 10.9. The van der Waals surface area contributed by atoms with Crippen LogP contribution in [0.15, 0.2) is 53.5 Å². The van der Waals surface area contributed by atoms with E-state index in [1.165, 1.54) is 12.1 Å². The van der Waals surface area contributed by atoms with Gasteiger partial charge in [-0.1, -0.05) is 13.0 Å². The number of aromatic nitrogens is 4. The summed E-state index contributed by atoms with van der Waals surface area (Å²) < 4.78 is 58.6. The van der Waals surface area contributed by atoms with E-state index in [4.69, 9.17) is 5.10 Å². The van der Waals surface area contributed by atoms with Crippen LogP contribution in [0.25, 0.3) is 16.6 Å². The minimum Gasteiger partial charge on any atom is -0.369 e. The van der Waals surface area contributed by atoms with Crippen molar-refractivity contribution in [3.63, 3.8) is 0 Å². The fraction of sp³-hybridized carbons (Fsp3) is 0.379. The van der Waals surface area contributed by atoms with Gasteiger partial charge < -0.3 is 10.2 Å². The van der Waals surface area contributed by atoms with Crippen molar-refractivity contribution in [3.05, 3.63) is 76.3 Å². The van der Waals surface area contributed by atoms with E-state index < -0.39 is 34.7 Å². The molecular formula is C29H28F4N6O2. The number of benzene rings is 2. The maximum Gasteiger partial charge on any atom is 0.276 e. The lowest BCUT2D eigenvalue weighted by atomic mass is 9.92. The summed E-state index contributed by atoms with van der Waals surface area (Å²) in [4.78, 5) is 27.9. The van der Waals surface area contributed by atoms with E-state index in [1.807, 2.05) is 6.20 Å². The Morgan fingerprint density at radius 3 is 2.39 bits per heavy atom. The number of anilines is 2. The molecule has 1 N–H and O–H groups in total. The minimum atomic E-state index is -2.65. The van der Waals surface area contributed by atoms with Crippen molar-refractivity contribution in [3.8, 4) is 5.69 Å². The Labute approximate surface area is 232 Å². The molecule has 1 aliphatic carbocycles. The average molecular weight is 569 g/mol. The standard InChI is InChI=1S/C29H28F4N6O2/c1-17-11-14-37(15-17)26-19-16-38(18-9-12-29(32,33)13-10-18)35-22(19)5-6-23(26)34-28(41)24-7-8-25(40)39(36-24)27-20(30)3-2-4-21(27)31/h2-8,16-18H,9-15H2,1H3,(H,34,41)/t17-/m0/s1. The van der Waals surface area contributed by atoms with Gasteiger partial charge in [0.15, 0.2) is 11.6 Å². The highest BCUT2D eigenvalue weighted by atomic mass is 19.3. The number of carbonyl (C=O) groups excluding carboxylic acids is 1. The lowest BCUT2D eigenvalue weighted by Crippen LogP contribution is -2.27. The highest BCUT2D eigenvalue weighted by molar-refractivity contribution is 6.08. The van der Waals surface area contributed by atoms with Gasteiger partial charge in [-0.3, -0.25) is 14.3 Å². The van der Waals surface area contributed by atoms with E-state index in [0.29, 0.717) is 34.6 Å². The van der Waals surface area contributed by atoms with Crippen LogP contribution in [0.2, 0.25) is 0 Å². The number of halogens is 4. The summed E-state index contributed by atoms with van der Waals surface area (Å²) in [5.74, 6) is -4.89. The number of amides is 1. The van der Waals surface area contributed by atoms with Crippen LogP contribution in [0, 0.1) is 17.6 Å². The quantitative estimate of drug-likeness (QED) is 0.312. The molecule has 2 aromatic carbocycles. The fourth-order valence-electron chi connectivity index (χ4n) is 5.72. The first-order valence-corrected chi connectivity index (χ1v) is 13.6. The largest absolute Gasteiger partial charge is 0.369 e. The second kappa shape index (κ2) is 10.3. The highest BCUT2D eigenvalue weighted by Crippen LogP contribution is 2.41. The number of rotatable bonds is 5. The zero-order valence-electron chi connectivity index (χ0n) is 22.3. The van der Waals surface area contributed by atoms with Crippen LogP contribution in [0.5, 0.6) is 0 Å². The summed E-state index contributed by atoms with van der Waals surface area (Å²) in [6.45, 7) is 3.64. The van der Waals surface area contributed by atoms with Crippen LogP contribution in [-0.4, -0.2) is 44.5 Å². The van der Waals surface area contributed by atoms with Gasteiger partial charge in [-0.25, -0.2) is 17.6 Å². The van der Waals surface area contributed by atoms with Gasteiger partial charge in [0.1, 0.15) is 11.4 Å². The van der Waals surface area contributed by atoms with E-state index in [1.54, 1.807) is 16.8 Å². The predicted molar refractivity (Wildman–Crippen MR) is 146 cm³/mol. The summed E-state index contributed by atoms with van der Waals surface area (Å²) in [5, 5.41) is 12.3. The van der Waals surface area contributed by atoms with Crippen LogP contribution >= 0.6 is 0 Å². The normalized spacial score (nSPS) is 19.1. The van der Waals surface area contributed by atoms with Crippen molar-refractivity contribution in [2.75, 3.05) is 23.3 Å². The predicted octanol–water partition coefficient (Wildman–Crippen LogP) is 5.71. The molecule has 214 valence electrons. The zero-order valence-corrected chi connectivity index (χ0v) is 22.3. The molecule has 2 fully saturated rings. The van der Waals surface area contributed by atoms with Gasteiger partial charge in [-0.2, -0.15) is 14.9 Å². The molecule has 0 spiro atoms. The molecule has 0 bridgehead atoms. The molecule has 0 unspecified atom stereocenters. The van der Waals surface area contributed by atoms with Gasteiger partial charge in [0.25, 0.3) is 11.5 Å². The summed E-state index contributed by atoms with van der Waals surface area (Å²) in [5.41, 5.74) is 0.215. The number of fused-ring (bicyclic) bond motifs is 1. The topological polar surface area (TPSA) is 85.1 Å². The third-order valence-electron chi connectivity index (χ3n) is 7.91. The molecule has 3 heterocycles. The molecular weight excluding hydrogens is 540 g/mol. The van der Waals surface area contributed by atoms with Gasteiger partial charge in [-0.15, -0.1) is 0 Å². The maximum atomic E-state index is 14.4. The monoisotopic (exact) mass is 568 g/mol. The van der Waals surface area contributed by atoms with E-state index in [0.717, 1.165) is 48.8 Å². The minimum absolute atomic E-state index is 0.144.